The van der Waals surface area contributed by atoms with Crippen LogP contribution in [-0.2, 0) is 11.3 Å². The zero-order chi connectivity index (χ0) is 14.7. The second-order valence-electron chi connectivity index (χ2n) is 4.53. The van der Waals surface area contributed by atoms with Crippen molar-refractivity contribution in [3.63, 3.8) is 0 Å². The van der Waals surface area contributed by atoms with Crippen molar-refractivity contribution < 1.29 is 9.21 Å². The summed E-state index contributed by atoms with van der Waals surface area (Å²) in [5.41, 5.74) is 7.88. The van der Waals surface area contributed by atoms with Gasteiger partial charge in [-0.25, -0.2) is 0 Å². The Morgan fingerprint density at radius 1 is 1.55 bits per heavy atom. The van der Waals surface area contributed by atoms with Crippen molar-refractivity contribution in [2.75, 3.05) is 0 Å². The minimum absolute atomic E-state index is 0.0525. The van der Waals surface area contributed by atoms with E-state index in [4.69, 9.17) is 15.4 Å². The van der Waals surface area contributed by atoms with Crippen LogP contribution in [0.1, 0.15) is 22.7 Å². The van der Waals surface area contributed by atoms with Crippen molar-refractivity contribution in [2.45, 2.75) is 20.4 Å². The summed E-state index contributed by atoms with van der Waals surface area (Å²) in [7, 11) is 0. The van der Waals surface area contributed by atoms with Gasteiger partial charge in [0.1, 0.15) is 17.4 Å². The average molecular weight is 269 g/mol. The number of hydrogen-bond acceptors (Lipinski definition) is 3. The van der Waals surface area contributed by atoms with Crippen molar-refractivity contribution in [2.24, 2.45) is 5.73 Å². The summed E-state index contributed by atoms with van der Waals surface area (Å²) < 4.78 is 7.39. The van der Waals surface area contributed by atoms with E-state index in [0.717, 1.165) is 22.7 Å². The van der Waals surface area contributed by atoms with Gasteiger partial charge in [0.25, 0.3) is 5.91 Å². The van der Waals surface area contributed by atoms with Crippen LogP contribution in [-0.4, -0.2) is 10.5 Å². The van der Waals surface area contributed by atoms with Gasteiger partial charge < -0.3 is 14.7 Å². The summed E-state index contributed by atoms with van der Waals surface area (Å²) in [6.07, 6.45) is 3.15. The lowest BCUT2D eigenvalue weighted by Gasteiger charge is -2.07. The number of primary amides is 1. The molecule has 0 bridgehead atoms. The van der Waals surface area contributed by atoms with E-state index < -0.39 is 5.91 Å². The highest BCUT2D eigenvalue weighted by Gasteiger charge is 2.11. The van der Waals surface area contributed by atoms with Crippen LogP contribution in [0, 0.1) is 25.2 Å². The molecule has 2 rings (SSSR count). The van der Waals surface area contributed by atoms with E-state index in [9.17, 15) is 4.79 Å². The van der Waals surface area contributed by atoms with Gasteiger partial charge in [0.15, 0.2) is 0 Å². The SMILES string of the molecule is Cc1cc(/C=C(\C#N)C(N)=O)c(C)n1Cc1ccco1. The molecule has 0 aromatic carbocycles. The molecular weight excluding hydrogens is 254 g/mol. The van der Waals surface area contributed by atoms with Gasteiger partial charge in [0.2, 0.25) is 0 Å². The molecule has 20 heavy (non-hydrogen) atoms. The summed E-state index contributed by atoms with van der Waals surface area (Å²) in [5, 5.41) is 8.89. The van der Waals surface area contributed by atoms with Crippen LogP contribution in [0.5, 0.6) is 0 Å². The minimum atomic E-state index is -0.719. The number of hydrogen-bond donors (Lipinski definition) is 1. The maximum atomic E-state index is 11.1. The molecule has 0 spiro atoms. The van der Waals surface area contributed by atoms with Gasteiger partial charge in [-0.3, -0.25) is 4.79 Å². The lowest BCUT2D eigenvalue weighted by Crippen LogP contribution is -2.12. The molecule has 0 aliphatic rings. The number of aryl methyl sites for hydroxylation is 1. The zero-order valence-electron chi connectivity index (χ0n) is 11.4. The van der Waals surface area contributed by atoms with Crippen molar-refractivity contribution >= 4 is 12.0 Å². The number of nitriles is 1. The largest absolute Gasteiger partial charge is 0.467 e. The van der Waals surface area contributed by atoms with Gasteiger partial charge >= 0.3 is 0 Å². The van der Waals surface area contributed by atoms with Gasteiger partial charge in [0.05, 0.1) is 12.8 Å². The molecule has 0 aliphatic carbocycles. The summed E-state index contributed by atoms with van der Waals surface area (Å²) in [4.78, 5) is 11.1. The Balaban J connectivity index is 2.39. The fourth-order valence-corrected chi connectivity index (χ4v) is 2.09. The first-order valence-electron chi connectivity index (χ1n) is 6.13. The van der Waals surface area contributed by atoms with Gasteiger partial charge in [-0.15, -0.1) is 0 Å². The van der Waals surface area contributed by atoms with Crippen LogP contribution >= 0.6 is 0 Å². The molecule has 102 valence electrons. The monoisotopic (exact) mass is 269 g/mol. The molecule has 0 unspecified atom stereocenters. The predicted octanol–water partition coefficient (Wildman–Crippen LogP) is 2.14. The number of nitrogens with two attached hydrogens (primary N) is 1. The quantitative estimate of drug-likeness (QED) is 0.681. The number of aromatic nitrogens is 1. The van der Waals surface area contributed by atoms with Crippen molar-refractivity contribution in [1.82, 2.24) is 4.57 Å². The summed E-state index contributed by atoms with van der Waals surface area (Å²) in [6, 6.07) is 7.47. The lowest BCUT2D eigenvalue weighted by molar-refractivity contribution is -0.114. The molecule has 0 saturated carbocycles. The smallest absolute Gasteiger partial charge is 0.259 e. The Morgan fingerprint density at radius 2 is 2.30 bits per heavy atom. The van der Waals surface area contributed by atoms with Crippen LogP contribution in [0.25, 0.3) is 6.08 Å². The third-order valence-corrected chi connectivity index (χ3v) is 3.19. The van der Waals surface area contributed by atoms with Crippen LogP contribution in [0.15, 0.2) is 34.5 Å². The minimum Gasteiger partial charge on any atom is -0.467 e. The Kier molecular flexibility index (Phi) is 3.76. The summed E-state index contributed by atoms with van der Waals surface area (Å²) in [6.45, 7) is 4.50. The first-order chi connectivity index (χ1) is 9.52. The average Bonchev–Trinajstić information content (AvgIpc) is 3.00. The highest BCUT2D eigenvalue weighted by Crippen LogP contribution is 2.19. The number of rotatable bonds is 4. The van der Waals surface area contributed by atoms with E-state index >= 15 is 0 Å². The van der Waals surface area contributed by atoms with E-state index in [2.05, 4.69) is 4.57 Å². The molecule has 2 heterocycles. The Bertz CT molecular complexity index is 700. The Morgan fingerprint density at radius 3 is 2.85 bits per heavy atom. The zero-order valence-corrected chi connectivity index (χ0v) is 11.4. The summed E-state index contributed by atoms with van der Waals surface area (Å²) in [5.74, 6) is 0.126. The molecule has 1 amide bonds. The van der Waals surface area contributed by atoms with Crippen LogP contribution in [0.3, 0.4) is 0 Å². The van der Waals surface area contributed by atoms with Gasteiger partial charge in [-0.1, -0.05) is 0 Å². The maximum Gasteiger partial charge on any atom is 0.259 e. The van der Waals surface area contributed by atoms with Crippen LogP contribution < -0.4 is 5.73 Å². The standard InChI is InChI=1S/C15H15N3O2/c1-10-6-12(7-13(8-16)15(17)19)11(2)18(10)9-14-4-3-5-20-14/h3-7H,9H2,1-2H3,(H2,17,19)/b13-7+. The molecule has 2 N–H and O–H groups in total. The molecule has 5 nitrogen and oxygen atoms in total. The van der Waals surface area contributed by atoms with E-state index in [-0.39, 0.29) is 5.57 Å². The van der Waals surface area contributed by atoms with Crippen molar-refractivity contribution in [3.05, 3.63) is 52.7 Å². The Labute approximate surface area is 116 Å². The number of carbonyl (C=O) groups excluding carboxylic acids is 1. The molecule has 0 atom stereocenters. The van der Waals surface area contributed by atoms with Gasteiger partial charge in [0, 0.05) is 11.4 Å². The van der Waals surface area contributed by atoms with Gasteiger partial charge in [-0.05, 0) is 43.7 Å². The molecule has 5 heteroatoms. The van der Waals surface area contributed by atoms with Crippen molar-refractivity contribution in [3.8, 4) is 6.07 Å². The van der Waals surface area contributed by atoms with Crippen LogP contribution in [0.2, 0.25) is 0 Å². The predicted molar refractivity (Wildman–Crippen MR) is 74.5 cm³/mol. The lowest BCUT2D eigenvalue weighted by atomic mass is 10.1. The van der Waals surface area contributed by atoms with E-state index in [1.54, 1.807) is 6.26 Å². The second kappa shape index (κ2) is 5.49. The highest BCUT2D eigenvalue weighted by molar-refractivity contribution is 6.00. The third kappa shape index (κ3) is 2.64. The number of nitrogens with zero attached hydrogens (tertiary/aromatic N) is 2. The topological polar surface area (TPSA) is 85.0 Å². The maximum absolute atomic E-state index is 11.1. The van der Waals surface area contributed by atoms with Crippen LogP contribution in [0.4, 0.5) is 0 Å². The molecular formula is C15H15N3O2. The van der Waals surface area contributed by atoms with Crippen molar-refractivity contribution in [1.29, 1.82) is 5.26 Å². The van der Waals surface area contributed by atoms with E-state index in [1.165, 1.54) is 6.08 Å². The third-order valence-electron chi connectivity index (χ3n) is 3.19. The molecule has 2 aromatic rings. The fourth-order valence-electron chi connectivity index (χ4n) is 2.09. The van der Waals surface area contributed by atoms with E-state index in [0.29, 0.717) is 6.54 Å². The number of carbonyl (C=O) groups is 1. The van der Waals surface area contributed by atoms with Gasteiger partial charge in [-0.2, -0.15) is 5.26 Å². The highest BCUT2D eigenvalue weighted by atomic mass is 16.3. The first-order valence-corrected chi connectivity index (χ1v) is 6.13. The number of amides is 1. The van der Waals surface area contributed by atoms with E-state index in [1.807, 2.05) is 38.1 Å². The first kappa shape index (κ1) is 13.7. The molecule has 2 aromatic heterocycles. The Hall–Kier alpha value is -2.74. The normalized spacial score (nSPS) is 11.3. The molecule has 0 aliphatic heterocycles. The molecule has 0 saturated heterocycles. The molecule has 0 fully saturated rings. The fraction of sp³-hybridized carbons (Fsp3) is 0.200. The summed E-state index contributed by atoms with van der Waals surface area (Å²) >= 11 is 0. The molecule has 0 radical (unpaired) electrons. The second-order valence-corrected chi connectivity index (χ2v) is 4.53. The number of furan rings is 1.